The van der Waals surface area contributed by atoms with Gasteiger partial charge in [0, 0.05) is 6.42 Å². The molecule has 0 bridgehead atoms. The molecule has 1 N–H and O–H groups in total. The van der Waals surface area contributed by atoms with Gasteiger partial charge in [-0.3, -0.25) is 0 Å². The number of methoxy groups -OCH3 is 4. The van der Waals surface area contributed by atoms with Crippen LogP contribution in [0.3, 0.4) is 0 Å². The minimum atomic E-state index is -0.936. The van der Waals surface area contributed by atoms with Crippen LogP contribution in [-0.2, 0) is 12.8 Å². The summed E-state index contributed by atoms with van der Waals surface area (Å²) in [5.41, 5.74) is 0.970. The Balaban J connectivity index is 1.74. The molecular weight excluding hydrogens is 376 g/mol. The maximum Gasteiger partial charge on any atom is 0.231 e. The Morgan fingerprint density at radius 3 is 2.07 bits per heavy atom. The Morgan fingerprint density at radius 2 is 1.48 bits per heavy atom. The van der Waals surface area contributed by atoms with Gasteiger partial charge in [-0.25, -0.2) is 0 Å². The predicted molar refractivity (Wildman–Crippen MR) is 108 cm³/mol. The molecule has 1 aliphatic heterocycles. The molecule has 0 aromatic heterocycles. The maximum atomic E-state index is 11.0. The predicted octanol–water partition coefficient (Wildman–Crippen LogP) is 3.38. The Bertz CT molecular complexity index is 835. The van der Waals surface area contributed by atoms with Crippen LogP contribution in [0.5, 0.6) is 34.5 Å². The largest absolute Gasteiger partial charge is 0.493 e. The molecular formula is C22H28O7. The van der Waals surface area contributed by atoms with E-state index in [2.05, 4.69) is 0 Å². The monoisotopic (exact) mass is 404 g/mol. The van der Waals surface area contributed by atoms with Crippen molar-refractivity contribution in [1.82, 2.24) is 0 Å². The number of hydrogen-bond acceptors (Lipinski definition) is 7. The van der Waals surface area contributed by atoms with Gasteiger partial charge in [-0.1, -0.05) is 0 Å². The van der Waals surface area contributed by atoms with Crippen LogP contribution < -0.4 is 28.4 Å². The average Bonchev–Trinajstić information content (AvgIpc) is 3.19. The lowest BCUT2D eigenvalue weighted by Crippen LogP contribution is -2.28. The first-order valence-electron chi connectivity index (χ1n) is 9.38. The SMILES string of the molecule is COc1cc(CC(C)(O)CCc2cc(OC)c3c(c2)OCO3)cc(OC)c1OC. The third-order valence-electron chi connectivity index (χ3n) is 4.98. The van der Waals surface area contributed by atoms with Crippen molar-refractivity contribution in [2.75, 3.05) is 35.2 Å². The zero-order valence-electron chi connectivity index (χ0n) is 17.5. The van der Waals surface area contributed by atoms with Crippen LogP contribution >= 0.6 is 0 Å². The maximum absolute atomic E-state index is 11.0. The number of benzene rings is 2. The summed E-state index contributed by atoms with van der Waals surface area (Å²) in [6.07, 6.45) is 1.64. The van der Waals surface area contributed by atoms with Crippen molar-refractivity contribution < 1.29 is 33.5 Å². The second kappa shape index (κ2) is 8.69. The van der Waals surface area contributed by atoms with Gasteiger partial charge in [0.05, 0.1) is 34.0 Å². The standard InChI is InChI=1S/C22H28O7/c1-22(23,12-15-10-16(24-2)20(27-5)17(11-15)25-3)7-6-14-8-18(26-4)21-19(9-14)28-13-29-21/h8-11,23H,6-7,12-13H2,1-5H3. The van der Waals surface area contributed by atoms with E-state index in [0.717, 1.165) is 11.1 Å². The lowest BCUT2D eigenvalue weighted by atomic mass is 9.90. The molecule has 1 unspecified atom stereocenters. The van der Waals surface area contributed by atoms with E-state index in [4.69, 9.17) is 28.4 Å². The van der Waals surface area contributed by atoms with Crippen molar-refractivity contribution in [3.05, 3.63) is 35.4 Å². The van der Waals surface area contributed by atoms with Gasteiger partial charge in [-0.15, -0.1) is 0 Å². The molecule has 0 aliphatic carbocycles. The summed E-state index contributed by atoms with van der Waals surface area (Å²) >= 11 is 0. The molecule has 0 spiro atoms. The second-order valence-electron chi connectivity index (χ2n) is 7.24. The van der Waals surface area contributed by atoms with Gasteiger partial charge < -0.3 is 33.5 Å². The van der Waals surface area contributed by atoms with Crippen LogP contribution in [-0.4, -0.2) is 45.9 Å². The van der Waals surface area contributed by atoms with Crippen molar-refractivity contribution in [1.29, 1.82) is 0 Å². The molecule has 0 amide bonds. The van der Waals surface area contributed by atoms with Crippen molar-refractivity contribution in [3.63, 3.8) is 0 Å². The van der Waals surface area contributed by atoms with E-state index in [1.54, 1.807) is 28.4 Å². The molecule has 1 aliphatic rings. The molecule has 0 saturated carbocycles. The lowest BCUT2D eigenvalue weighted by Gasteiger charge is -2.24. The van der Waals surface area contributed by atoms with Crippen LogP contribution in [0.15, 0.2) is 24.3 Å². The van der Waals surface area contributed by atoms with Gasteiger partial charge in [0.25, 0.3) is 0 Å². The molecule has 1 heterocycles. The Labute approximate surface area is 171 Å². The molecule has 3 rings (SSSR count). The summed E-state index contributed by atoms with van der Waals surface area (Å²) in [7, 11) is 6.32. The van der Waals surface area contributed by atoms with Gasteiger partial charge in [-0.05, 0) is 55.2 Å². The molecule has 0 saturated heterocycles. The third kappa shape index (κ3) is 4.62. The summed E-state index contributed by atoms with van der Waals surface area (Å²) in [4.78, 5) is 0. The average molecular weight is 404 g/mol. The molecule has 158 valence electrons. The van der Waals surface area contributed by atoms with E-state index in [1.165, 1.54) is 0 Å². The minimum Gasteiger partial charge on any atom is -0.493 e. The van der Waals surface area contributed by atoms with Crippen molar-refractivity contribution in [2.24, 2.45) is 0 Å². The summed E-state index contributed by atoms with van der Waals surface area (Å²) in [6.45, 7) is 2.01. The van der Waals surface area contributed by atoms with Crippen LogP contribution in [0.4, 0.5) is 0 Å². The van der Waals surface area contributed by atoms with Gasteiger partial charge >= 0.3 is 0 Å². The smallest absolute Gasteiger partial charge is 0.231 e. The molecule has 29 heavy (non-hydrogen) atoms. The first kappa shape index (κ1) is 20.9. The second-order valence-corrected chi connectivity index (χ2v) is 7.24. The van der Waals surface area contributed by atoms with E-state index in [0.29, 0.717) is 53.8 Å². The van der Waals surface area contributed by atoms with E-state index in [-0.39, 0.29) is 6.79 Å². The third-order valence-corrected chi connectivity index (χ3v) is 4.98. The first-order valence-corrected chi connectivity index (χ1v) is 9.38. The fourth-order valence-electron chi connectivity index (χ4n) is 3.51. The molecule has 0 radical (unpaired) electrons. The number of aliphatic hydroxyl groups is 1. The molecule has 7 nitrogen and oxygen atoms in total. The van der Waals surface area contributed by atoms with Crippen LogP contribution in [0.1, 0.15) is 24.5 Å². The minimum absolute atomic E-state index is 0.188. The normalized spacial score (nSPS) is 14.3. The number of aryl methyl sites for hydroxylation is 1. The van der Waals surface area contributed by atoms with Gasteiger partial charge in [0.15, 0.2) is 23.0 Å². The number of ether oxygens (including phenoxy) is 6. The van der Waals surface area contributed by atoms with E-state index < -0.39 is 5.60 Å². The van der Waals surface area contributed by atoms with Crippen LogP contribution in [0.25, 0.3) is 0 Å². The summed E-state index contributed by atoms with van der Waals surface area (Å²) in [5.74, 6) is 3.60. The first-order chi connectivity index (χ1) is 13.9. The Hall–Kier alpha value is -2.80. The number of hydrogen-bond donors (Lipinski definition) is 1. The summed E-state index contributed by atoms with van der Waals surface area (Å²) in [6, 6.07) is 7.57. The highest BCUT2D eigenvalue weighted by Gasteiger charge is 2.25. The van der Waals surface area contributed by atoms with Gasteiger partial charge in [0.1, 0.15) is 0 Å². The lowest BCUT2D eigenvalue weighted by molar-refractivity contribution is 0.0514. The number of fused-ring (bicyclic) bond motifs is 1. The van der Waals surface area contributed by atoms with Gasteiger partial charge in [-0.2, -0.15) is 0 Å². The van der Waals surface area contributed by atoms with E-state index >= 15 is 0 Å². The molecule has 0 fully saturated rings. The van der Waals surface area contributed by atoms with Crippen LogP contribution in [0, 0.1) is 0 Å². The zero-order chi connectivity index (χ0) is 21.0. The summed E-state index contributed by atoms with van der Waals surface area (Å²) < 4.78 is 32.5. The fraction of sp³-hybridized carbons (Fsp3) is 0.455. The highest BCUT2D eigenvalue weighted by Crippen LogP contribution is 2.42. The molecule has 2 aromatic rings. The van der Waals surface area contributed by atoms with Gasteiger partial charge in [0.2, 0.25) is 18.3 Å². The fourth-order valence-corrected chi connectivity index (χ4v) is 3.51. The van der Waals surface area contributed by atoms with E-state index in [1.807, 2.05) is 31.2 Å². The van der Waals surface area contributed by atoms with Crippen LogP contribution in [0.2, 0.25) is 0 Å². The highest BCUT2D eigenvalue weighted by molar-refractivity contribution is 5.55. The molecule has 2 aromatic carbocycles. The summed E-state index contributed by atoms with van der Waals surface area (Å²) in [5, 5.41) is 11.0. The quantitative estimate of drug-likeness (QED) is 0.687. The topological polar surface area (TPSA) is 75.6 Å². The highest BCUT2D eigenvalue weighted by atomic mass is 16.7. The Kier molecular flexibility index (Phi) is 6.27. The Morgan fingerprint density at radius 1 is 0.862 bits per heavy atom. The van der Waals surface area contributed by atoms with E-state index in [9.17, 15) is 5.11 Å². The van der Waals surface area contributed by atoms with Crippen molar-refractivity contribution in [2.45, 2.75) is 31.8 Å². The molecule has 7 heteroatoms. The van der Waals surface area contributed by atoms with Crippen molar-refractivity contribution in [3.8, 4) is 34.5 Å². The number of rotatable bonds is 9. The zero-order valence-corrected chi connectivity index (χ0v) is 17.5. The molecule has 1 atom stereocenters. The van der Waals surface area contributed by atoms with Crippen molar-refractivity contribution >= 4 is 0 Å².